The molecule has 1 aromatic carbocycles. The first-order valence-electron chi connectivity index (χ1n) is 8.88. The Bertz CT molecular complexity index is 884. The summed E-state index contributed by atoms with van der Waals surface area (Å²) in [6.07, 6.45) is 3.81. The summed E-state index contributed by atoms with van der Waals surface area (Å²) in [4.78, 5) is 5.48. The number of halogens is 2. The van der Waals surface area contributed by atoms with Gasteiger partial charge in [-0.2, -0.15) is 0 Å². The average molecular weight is 531 g/mol. The molecule has 0 atom stereocenters. The van der Waals surface area contributed by atoms with Gasteiger partial charge in [0.1, 0.15) is 5.82 Å². The van der Waals surface area contributed by atoms with E-state index in [4.69, 9.17) is 11.6 Å². The predicted octanol–water partition coefficient (Wildman–Crippen LogP) is 3.89. The van der Waals surface area contributed by atoms with Crippen LogP contribution in [0.2, 0.25) is 5.02 Å². The molecule has 0 amide bonds. The van der Waals surface area contributed by atoms with Crippen molar-refractivity contribution in [1.82, 2.24) is 25.2 Å². The molecule has 0 radical (unpaired) electrons. The van der Waals surface area contributed by atoms with E-state index in [1.54, 1.807) is 18.8 Å². The first-order valence-corrected chi connectivity index (χ1v) is 10.2. The van der Waals surface area contributed by atoms with E-state index in [2.05, 4.69) is 25.8 Å². The zero-order valence-electron chi connectivity index (χ0n) is 15.6. The van der Waals surface area contributed by atoms with Gasteiger partial charge in [0, 0.05) is 48.4 Å². The zero-order chi connectivity index (χ0) is 18.9. The lowest BCUT2D eigenvalue weighted by atomic mass is 10.3. The van der Waals surface area contributed by atoms with Gasteiger partial charge >= 0.3 is 0 Å². The van der Waals surface area contributed by atoms with Gasteiger partial charge in [-0.3, -0.25) is 9.39 Å². The van der Waals surface area contributed by atoms with Crippen LogP contribution in [-0.2, 0) is 6.42 Å². The van der Waals surface area contributed by atoms with Crippen molar-refractivity contribution in [3.63, 3.8) is 0 Å². The summed E-state index contributed by atoms with van der Waals surface area (Å²) in [5.74, 6) is 2.75. The third-order valence-electron chi connectivity index (χ3n) is 3.95. The highest BCUT2D eigenvalue weighted by Gasteiger charge is 2.04. The molecule has 0 unspecified atom stereocenters. The Morgan fingerprint density at radius 3 is 2.68 bits per heavy atom. The number of pyridine rings is 1. The van der Waals surface area contributed by atoms with Crippen LogP contribution < -0.4 is 10.6 Å². The topological polar surface area (TPSA) is 66.6 Å². The highest BCUT2D eigenvalue weighted by molar-refractivity contribution is 14.0. The number of hydrogen-bond donors (Lipinski definition) is 2. The van der Waals surface area contributed by atoms with Crippen LogP contribution >= 0.6 is 47.3 Å². The molecule has 0 bridgehead atoms. The van der Waals surface area contributed by atoms with Crippen molar-refractivity contribution in [3.8, 4) is 0 Å². The number of rotatable bonds is 8. The number of fused-ring (bicyclic) bond motifs is 1. The molecule has 0 aliphatic carbocycles. The molecule has 150 valence electrons. The van der Waals surface area contributed by atoms with Gasteiger partial charge in [-0.1, -0.05) is 17.7 Å². The standard InChI is InChI=1S/C19H23ClN6S.HI/c1-21-19(23-12-14-27-16-9-7-15(20)8-10-16)22-11-4-6-18-25-24-17-5-2-3-13-26(17)18;/h2-3,5,7-10,13H,4,6,11-12,14H2,1H3,(H2,21,22,23);1H. The van der Waals surface area contributed by atoms with Crippen molar-refractivity contribution >= 4 is 58.9 Å². The SMILES string of the molecule is CN=C(NCCCc1nnc2ccccn12)NCCSc1ccc(Cl)cc1.I. The molecule has 28 heavy (non-hydrogen) atoms. The number of aryl methyl sites for hydroxylation is 1. The van der Waals surface area contributed by atoms with E-state index in [1.807, 2.05) is 53.1 Å². The molecule has 9 heteroatoms. The minimum Gasteiger partial charge on any atom is -0.356 e. The van der Waals surface area contributed by atoms with Crippen molar-refractivity contribution in [2.24, 2.45) is 4.99 Å². The highest BCUT2D eigenvalue weighted by Crippen LogP contribution is 2.19. The largest absolute Gasteiger partial charge is 0.356 e. The summed E-state index contributed by atoms with van der Waals surface area (Å²) in [5, 5.41) is 15.9. The highest BCUT2D eigenvalue weighted by atomic mass is 127. The Hall–Kier alpha value is -1.52. The van der Waals surface area contributed by atoms with Gasteiger partial charge in [-0.25, -0.2) is 0 Å². The lowest BCUT2D eigenvalue weighted by molar-refractivity contribution is 0.718. The number of nitrogens with zero attached hydrogens (tertiary/aromatic N) is 4. The van der Waals surface area contributed by atoms with Gasteiger partial charge in [-0.05, 0) is 42.8 Å². The zero-order valence-corrected chi connectivity index (χ0v) is 19.5. The van der Waals surface area contributed by atoms with Crippen molar-refractivity contribution in [2.75, 3.05) is 25.9 Å². The maximum absolute atomic E-state index is 5.90. The number of aromatic nitrogens is 3. The fourth-order valence-electron chi connectivity index (χ4n) is 2.60. The Morgan fingerprint density at radius 1 is 1.11 bits per heavy atom. The molecule has 3 rings (SSSR count). The van der Waals surface area contributed by atoms with Crippen molar-refractivity contribution in [1.29, 1.82) is 0 Å². The maximum Gasteiger partial charge on any atom is 0.191 e. The molecule has 0 fully saturated rings. The monoisotopic (exact) mass is 530 g/mol. The fourth-order valence-corrected chi connectivity index (χ4v) is 3.50. The van der Waals surface area contributed by atoms with Crippen LogP contribution in [0.3, 0.4) is 0 Å². The van der Waals surface area contributed by atoms with Crippen LogP contribution in [0, 0.1) is 0 Å². The molecule has 2 heterocycles. The van der Waals surface area contributed by atoms with E-state index in [0.29, 0.717) is 0 Å². The summed E-state index contributed by atoms with van der Waals surface area (Å²) < 4.78 is 2.03. The predicted molar refractivity (Wildman–Crippen MR) is 128 cm³/mol. The Kier molecular flexibility index (Phi) is 9.86. The summed E-state index contributed by atoms with van der Waals surface area (Å²) in [7, 11) is 1.79. The second-order valence-corrected chi connectivity index (χ2v) is 7.48. The van der Waals surface area contributed by atoms with E-state index >= 15 is 0 Å². The van der Waals surface area contributed by atoms with E-state index in [0.717, 1.165) is 54.1 Å². The maximum atomic E-state index is 5.90. The molecule has 2 N–H and O–H groups in total. The number of aliphatic imine (C=N–C) groups is 1. The van der Waals surface area contributed by atoms with Crippen molar-refractivity contribution in [3.05, 3.63) is 59.5 Å². The molecule has 6 nitrogen and oxygen atoms in total. The minimum absolute atomic E-state index is 0. The Balaban J connectivity index is 0.00000280. The van der Waals surface area contributed by atoms with Gasteiger partial charge in [-0.15, -0.1) is 45.9 Å². The molecule has 0 aliphatic rings. The molecular formula is C19H24ClIN6S. The molecule has 0 saturated heterocycles. The normalized spacial score (nSPS) is 11.3. The molecular weight excluding hydrogens is 507 g/mol. The van der Waals surface area contributed by atoms with Gasteiger partial charge in [0.25, 0.3) is 0 Å². The van der Waals surface area contributed by atoms with Crippen LogP contribution in [0.1, 0.15) is 12.2 Å². The third-order valence-corrected chi connectivity index (χ3v) is 5.22. The number of hydrogen-bond acceptors (Lipinski definition) is 4. The number of benzene rings is 1. The second kappa shape index (κ2) is 12.1. The third kappa shape index (κ3) is 6.82. The molecule has 0 aliphatic heterocycles. The lowest BCUT2D eigenvalue weighted by Crippen LogP contribution is -2.38. The van der Waals surface area contributed by atoms with Gasteiger partial charge in [0.2, 0.25) is 0 Å². The minimum atomic E-state index is 0. The first-order chi connectivity index (χ1) is 13.3. The Morgan fingerprint density at radius 2 is 1.89 bits per heavy atom. The van der Waals surface area contributed by atoms with Crippen LogP contribution in [0.25, 0.3) is 5.65 Å². The van der Waals surface area contributed by atoms with E-state index in [-0.39, 0.29) is 24.0 Å². The van der Waals surface area contributed by atoms with Crippen LogP contribution in [-0.4, -0.2) is 46.4 Å². The summed E-state index contributed by atoms with van der Waals surface area (Å²) in [5.41, 5.74) is 0.885. The van der Waals surface area contributed by atoms with Gasteiger partial charge < -0.3 is 10.6 Å². The van der Waals surface area contributed by atoms with Crippen LogP contribution in [0.4, 0.5) is 0 Å². The van der Waals surface area contributed by atoms with Crippen molar-refractivity contribution < 1.29 is 0 Å². The summed E-state index contributed by atoms with van der Waals surface area (Å²) in [6, 6.07) is 13.8. The van der Waals surface area contributed by atoms with Gasteiger partial charge in [0.15, 0.2) is 11.6 Å². The molecule has 0 spiro atoms. The second-order valence-electron chi connectivity index (χ2n) is 5.88. The summed E-state index contributed by atoms with van der Waals surface area (Å²) in [6.45, 7) is 1.66. The fraction of sp³-hybridized carbons (Fsp3) is 0.316. The van der Waals surface area contributed by atoms with Crippen molar-refractivity contribution in [2.45, 2.75) is 17.7 Å². The molecule has 2 aromatic heterocycles. The Labute approximate surface area is 191 Å². The quantitative estimate of drug-likeness (QED) is 0.152. The smallest absolute Gasteiger partial charge is 0.191 e. The van der Waals surface area contributed by atoms with E-state index in [1.165, 1.54) is 4.90 Å². The number of nitrogens with one attached hydrogen (secondary N) is 2. The van der Waals surface area contributed by atoms with Gasteiger partial charge in [0.05, 0.1) is 0 Å². The summed E-state index contributed by atoms with van der Waals surface area (Å²) >= 11 is 7.69. The van der Waals surface area contributed by atoms with E-state index < -0.39 is 0 Å². The molecule has 3 aromatic rings. The lowest BCUT2D eigenvalue weighted by Gasteiger charge is -2.11. The number of thioether (sulfide) groups is 1. The first kappa shape index (κ1) is 22.8. The van der Waals surface area contributed by atoms with Crippen LogP contribution in [0.5, 0.6) is 0 Å². The molecule has 0 saturated carbocycles. The van der Waals surface area contributed by atoms with Crippen LogP contribution in [0.15, 0.2) is 58.5 Å². The average Bonchev–Trinajstić information content (AvgIpc) is 3.11. The van der Waals surface area contributed by atoms with E-state index in [9.17, 15) is 0 Å². The number of guanidine groups is 1.